The van der Waals surface area contributed by atoms with Crippen LogP contribution in [0.1, 0.15) is 33.6 Å². The molecule has 0 fully saturated rings. The molecule has 6 aromatic carbocycles. The molecule has 0 aliphatic heterocycles. The number of nitrogens with one attached hydrogen (secondary N) is 1. The van der Waals surface area contributed by atoms with Gasteiger partial charge in [0, 0.05) is 18.3 Å². The monoisotopic (exact) mass is 826 g/mol. The van der Waals surface area contributed by atoms with Crippen LogP contribution < -0.4 is 20.5 Å². The van der Waals surface area contributed by atoms with Gasteiger partial charge in [-0.2, -0.15) is 13.2 Å². The number of carbonyl (C=O) groups excluding carboxylic acids is 1. The first-order valence-electron chi connectivity index (χ1n) is 19.1. The quantitative estimate of drug-likeness (QED) is 0.0974. The van der Waals surface area contributed by atoms with Crippen LogP contribution in [0.25, 0.3) is 22.2 Å². The van der Waals surface area contributed by atoms with Crippen LogP contribution in [0.15, 0.2) is 151 Å². The molecule has 1 amide bonds. The van der Waals surface area contributed by atoms with Crippen molar-refractivity contribution >= 4 is 22.6 Å². The topological polar surface area (TPSA) is 105 Å². The third kappa shape index (κ3) is 7.52. The van der Waals surface area contributed by atoms with Crippen molar-refractivity contribution in [3.8, 4) is 22.6 Å². The van der Waals surface area contributed by atoms with E-state index in [1.165, 1.54) is 30.9 Å². The molecule has 1 N–H and O–H groups in total. The molecule has 0 saturated carbocycles. The molecule has 0 bridgehead atoms. The number of anilines is 1. The minimum Gasteiger partial charge on any atom is -0.493 e. The molecule has 8 rings (SSSR count). The fourth-order valence-corrected chi connectivity index (χ4v) is 7.92. The summed E-state index contributed by atoms with van der Waals surface area (Å²) in [6.45, 7) is 1.04. The molecule has 0 aliphatic carbocycles. The molecule has 10 nitrogen and oxygen atoms in total. The Kier molecular flexibility index (Phi) is 10.8. The number of alkyl halides is 3. The summed E-state index contributed by atoms with van der Waals surface area (Å²) >= 11 is 0. The van der Waals surface area contributed by atoms with E-state index >= 15 is 0 Å². The average molecular weight is 827 g/mol. The predicted octanol–water partition coefficient (Wildman–Crippen LogP) is 9.13. The highest BCUT2D eigenvalue weighted by Crippen LogP contribution is 2.44. The van der Waals surface area contributed by atoms with Crippen LogP contribution in [0.3, 0.4) is 0 Å². The molecule has 14 heteroatoms. The van der Waals surface area contributed by atoms with E-state index in [4.69, 9.17) is 9.47 Å². The third-order valence-electron chi connectivity index (χ3n) is 10.7. The van der Waals surface area contributed by atoms with Crippen molar-refractivity contribution in [2.75, 3.05) is 12.4 Å². The number of fused-ring (bicyclic) bond motifs is 1. The van der Waals surface area contributed by atoms with Gasteiger partial charge in [0.05, 0.1) is 23.7 Å². The number of amides is 1. The lowest BCUT2D eigenvalue weighted by Crippen LogP contribution is -2.38. The summed E-state index contributed by atoms with van der Waals surface area (Å²) in [5, 5.41) is 11.4. The third-order valence-corrected chi connectivity index (χ3v) is 10.7. The molecule has 0 unspecified atom stereocenters. The highest BCUT2D eigenvalue weighted by Gasteiger charge is 2.40. The molecule has 0 saturated heterocycles. The minimum absolute atomic E-state index is 0.0749. The van der Waals surface area contributed by atoms with Gasteiger partial charge in [-0.15, -0.1) is 10.2 Å². The normalized spacial score (nSPS) is 11.8. The number of halogens is 4. The number of imidazole rings is 1. The van der Waals surface area contributed by atoms with Crippen molar-refractivity contribution in [2.45, 2.75) is 31.8 Å². The number of carbonyl (C=O) groups is 1. The Labute approximate surface area is 347 Å². The Morgan fingerprint density at radius 3 is 1.90 bits per heavy atom. The SMILES string of the molecule is COc1cc(-c2cc(C(F)(F)F)cc3c2n(C)c(=O)n3CC(=O)Nc2ccc(F)cc2)c(C)cc1OCc1nncn1C(c1ccccc1)(c1ccccc1)c1ccccc1. The number of nitrogens with zero attached hydrogens (tertiary/aromatic N) is 5. The maximum atomic E-state index is 14.6. The second kappa shape index (κ2) is 16.3. The van der Waals surface area contributed by atoms with Crippen molar-refractivity contribution in [3.05, 3.63) is 196 Å². The molecular formula is C47H38F4N6O4. The van der Waals surface area contributed by atoms with Gasteiger partial charge < -0.3 is 14.8 Å². The molecule has 0 radical (unpaired) electrons. The summed E-state index contributed by atoms with van der Waals surface area (Å²) in [4.78, 5) is 26.7. The van der Waals surface area contributed by atoms with E-state index in [9.17, 15) is 27.2 Å². The van der Waals surface area contributed by atoms with Crippen molar-refractivity contribution in [1.29, 1.82) is 0 Å². The van der Waals surface area contributed by atoms with Gasteiger partial charge in [0.1, 0.15) is 30.8 Å². The summed E-state index contributed by atoms with van der Waals surface area (Å²) in [5.74, 6) is -0.237. The second-order valence-corrected chi connectivity index (χ2v) is 14.4. The van der Waals surface area contributed by atoms with E-state index in [0.29, 0.717) is 17.0 Å². The van der Waals surface area contributed by atoms with Crippen LogP contribution in [0.5, 0.6) is 11.5 Å². The number of aryl methyl sites for hydroxylation is 2. The number of benzene rings is 6. The summed E-state index contributed by atoms with van der Waals surface area (Å²) in [6.07, 6.45) is -3.14. The zero-order valence-electron chi connectivity index (χ0n) is 33.2. The van der Waals surface area contributed by atoms with Crippen molar-refractivity contribution in [2.24, 2.45) is 7.05 Å². The van der Waals surface area contributed by atoms with E-state index in [1.807, 2.05) is 95.6 Å². The summed E-state index contributed by atoms with van der Waals surface area (Å²) in [5.41, 5.74) is 1.46. The fourth-order valence-electron chi connectivity index (χ4n) is 7.92. The number of ether oxygens (including phenoxy) is 2. The molecule has 308 valence electrons. The van der Waals surface area contributed by atoms with Gasteiger partial charge >= 0.3 is 11.9 Å². The Hall–Kier alpha value is -7.48. The second-order valence-electron chi connectivity index (χ2n) is 14.4. The van der Waals surface area contributed by atoms with Crippen LogP contribution in [0.4, 0.5) is 23.2 Å². The Morgan fingerprint density at radius 2 is 1.34 bits per heavy atom. The first kappa shape index (κ1) is 40.3. The van der Waals surface area contributed by atoms with Gasteiger partial charge in [0.15, 0.2) is 17.3 Å². The van der Waals surface area contributed by atoms with Crippen LogP contribution in [-0.4, -0.2) is 36.9 Å². The van der Waals surface area contributed by atoms with Crippen molar-refractivity contribution in [1.82, 2.24) is 23.9 Å². The maximum Gasteiger partial charge on any atom is 0.416 e. The van der Waals surface area contributed by atoms with Crippen LogP contribution in [0.2, 0.25) is 0 Å². The standard InChI is InChI=1S/C47H38F4N6O4/c1-30-23-41(61-28-42-54-52-29-57(42)46(31-13-7-4-8-14-31,32-15-9-5-10-16-32)33-17-11-6-12-18-33)40(60-3)26-37(30)38-24-34(47(49,50)51)25-39-44(38)55(2)45(59)56(39)27-43(58)53-36-21-19-35(48)20-22-36/h4-26,29H,27-28H2,1-3H3,(H,53,58). The molecule has 2 aromatic heterocycles. The Morgan fingerprint density at radius 1 is 0.754 bits per heavy atom. The Bertz CT molecular complexity index is 2810. The van der Waals surface area contributed by atoms with E-state index in [2.05, 4.69) is 15.5 Å². The highest BCUT2D eigenvalue weighted by molar-refractivity contribution is 5.97. The lowest BCUT2D eigenvalue weighted by molar-refractivity contribution is -0.137. The smallest absolute Gasteiger partial charge is 0.416 e. The molecule has 2 heterocycles. The molecular weight excluding hydrogens is 789 g/mol. The lowest BCUT2D eigenvalue weighted by atomic mass is 9.76. The highest BCUT2D eigenvalue weighted by atomic mass is 19.4. The van der Waals surface area contributed by atoms with E-state index in [-0.39, 0.29) is 40.4 Å². The maximum absolute atomic E-state index is 14.6. The number of methoxy groups -OCH3 is 1. The van der Waals surface area contributed by atoms with E-state index < -0.39 is 41.2 Å². The molecule has 0 aliphatic rings. The fraction of sp³-hybridized carbons (Fsp3) is 0.149. The zero-order chi connectivity index (χ0) is 42.9. The van der Waals surface area contributed by atoms with Crippen molar-refractivity contribution < 1.29 is 31.8 Å². The summed E-state index contributed by atoms with van der Waals surface area (Å²) < 4.78 is 73.5. The number of hydrogen-bond donors (Lipinski definition) is 1. The van der Waals surface area contributed by atoms with Crippen molar-refractivity contribution in [3.63, 3.8) is 0 Å². The molecule has 61 heavy (non-hydrogen) atoms. The molecule has 0 atom stereocenters. The number of rotatable bonds is 12. The number of hydrogen-bond acceptors (Lipinski definition) is 6. The van der Waals surface area contributed by atoms with Gasteiger partial charge in [-0.3, -0.25) is 18.5 Å². The summed E-state index contributed by atoms with van der Waals surface area (Å²) in [6, 6.07) is 40.0. The first-order valence-corrected chi connectivity index (χ1v) is 19.1. The van der Waals surface area contributed by atoms with Gasteiger partial charge in [-0.05, 0) is 83.3 Å². The van der Waals surface area contributed by atoms with Crippen LogP contribution in [0, 0.1) is 12.7 Å². The van der Waals surface area contributed by atoms with Gasteiger partial charge in [0.2, 0.25) is 5.91 Å². The Balaban J connectivity index is 1.19. The molecule has 0 spiro atoms. The molecule has 8 aromatic rings. The summed E-state index contributed by atoms with van der Waals surface area (Å²) in [7, 11) is 2.85. The van der Waals surface area contributed by atoms with E-state index in [0.717, 1.165) is 45.5 Å². The van der Waals surface area contributed by atoms with E-state index in [1.54, 1.807) is 25.4 Å². The first-order chi connectivity index (χ1) is 29.4. The zero-order valence-corrected chi connectivity index (χ0v) is 33.2. The lowest BCUT2D eigenvalue weighted by Gasteiger charge is -2.38. The number of aromatic nitrogens is 5. The van der Waals surface area contributed by atoms with Gasteiger partial charge in [-0.25, -0.2) is 9.18 Å². The predicted molar refractivity (Wildman–Crippen MR) is 223 cm³/mol. The van der Waals surface area contributed by atoms with Crippen LogP contribution in [-0.2, 0) is 36.7 Å². The minimum atomic E-state index is -4.80. The van der Waals surface area contributed by atoms with Gasteiger partial charge in [-0.1, -0.05) is 91.0 Å². The van der Waals surface area contributed by atoms with Crippen LogP contribution >= 0.6 is 0 Å². The van der Waals surface area contributed by atoms with Gasteiger partial charge in [0.25, 0.3) is 0 Å². The largest absolute Gasteiger partial charge is 0.493 e. The average Bonchev–Trinajstić information content (AvgIpc) is 3.83.